The van der Waals surface area contributed by atoms with Gasteiger partial charge in [-0.05, 0) is 61.9 Å². The fourth-order valence-corrected chi connectivity index (χ4v) is 2.47. The summed E-state index contributed by atoms with van der Waals surface area (Å²) < 4.78 is 0. The number of nitrogens with one attached hydrogen (secondary N) is 1. The van der Waals surface area contributed by atoms with Crippen LogP contribution in [0, 0.1) is 12.8 Å². The number of hydrogen-bond donors (Lipinski definition) is 1. The minimum absolute atomic E-state index is 0.435. The number of benzene rings is 1. The Labute approximate surface area is 117 Å². The number of halogens is 1. The number of hydrogen-bond acceptors (Lipinski definition) is 1. The molecule has 0 aliphatic carbocycles. The van der Waals surface area contributed by atoms with Crippen LogP contribution in [0.1, 0.15) is 57.2 Å². The molecular formula is C16H26ClN. The molecule has 1 aromatic rings. The second-order valence-corrected chi connectivity index (χ2v) is 5.98. The van der Waals surface area contributed by atoms with Gasteiger partial charge in [0.25, 0.3) is 0 Å². The van der Waals surface area contributed by atoms with Gasteiger partial charge >= 0.3 is 0 Å². The third-order valence-corrected chi connectivity index (χ3v) is 3.36. The molecule has 0 fully saturated rings. The molecule has 0 aliphatic rings. The van der Waals surface area contributed by atoms with Crippen molar-refractivity contribution < 1.29 is 0 Å². The van der Waals surface area contributed by atoms with Crippen molar-refractivity contribution in [2.45, 2.75) is 53.0 Å². The molecule has 1 rings (SSSR count). The van der Waals surface area contributed by atoms with Crippen LogP contribution < -0.4 is 5.32 Å². The van der Waals surface area contributed by atoms with Crippen molar-refractivity contribution in [1.82, 2.24) is 5.32 Å². The first-order valence-corrected chi connectivity index (χ1v) is 7.41. The van der Waals surface area contributed by atoms with E-state index in [9.17, 15) is 0 Å². The van der Waals surface area contributed by atoms with Crippen LogP contribution in [-0.2, 0) is 0 Å². The first-order chi connectivity index (χ1) is 8.52. The van der Waals surface area contributed by atoms with E-state index >= 15 is 0 Å². The molecule has 0 heterocycles. The average molecular weight is 268 g/mol. The van der Waals surface area contributed by atoms with Crippen molar-refractivity contribution in [3.05, 3.63) is 34.3 Å². The van der Waals surface area contributed by atoms with Gasteiger partial charge in [0.2, 0.25) is 0 Å². The van der Waals surface area contributed by atoms with Crippen molar-refractivity contribution in [2.24, 2.45) is 5.92 Å². The van der Waals surface area contributed by atoms with Crippen molar-refractivity contribution in [1.29, 1.82) is 0 Å². The lowest BCUT2D eigenvalue weighted by Crippen LogP contribution is -2.22. The van der Waals surface area contributed by atoms with Gasteiger partial charge in [-0.3, -0.25) is 0 Å². The van der Waals surface area contributed by atoms with Gasteiger partial charge in [-0.2, -0.15) is 0 Å². The Bertz CT molecular complexity index is 340. The van der Waals surface area contributed by atoms with E-state index in [1.165, 1.54) is 24.0 Å². The number of aryl methyl sites for hydroxylation is 1. The molecule has 18 heavy (non-hydrogen) atoms. The highest BCUT2D eigenvalue weighted by molar-refractivity contribution is 6.30. The highest BCUT2D eigenvalue weighted by Crippen LogP contribution is 2.25. The molecule has 0 aliphatic heterocycles. The molecule has 1 unspecified atom stereocenters. The van der Waals surface area contributed by atoms with Crippen molar-refractivity contribution in [2.75, 3.05) is 6.54 Å². The van der Waals surface area contributed by atoms with Gasteiger partial charge in [0.05, 0.1) is 0 Å². The Balaban J connectivity index is 2.79. The molecule has 0 amide bonds. The van der Waals surface area contributed by atoms with Crippen LogP contribution in [0.25, 0.3) is 0 Å². The van der Waals surface area contributed by atoms with Crippen molar-refractivity contribution >= 4 is 11.6 Å². The van der Waals surface area contributed by atoms with Gasteiger partial charge in [-0.1, -0.05) is 38.4 Å². The van der Waals surface area contributed by atoms with Gasteiger partial charge in [0.1, 0.15) is 0 Å². The monoisotopic (exact) mass is 267 g/mol. The van der Waals surface area contributed by atoms with Crippen LogP contribution in [0.15, 0.2) is 18.2 Å². The minimum atomic E-state index is 0.435. The Hall–Kier alpha value is -0.530. The van der Waals surface area contributed by atoms with E-state index in [1.54, 1.807) is 0 Å². The Morgan fingerprint density at radius 1 is 1.17 bits per heavy atom. The highest BCUT2D eigenvalue weighted by atomic mass is 35.5. The summed E-state index contributed by atoms with van der Waals surface area (Å²) in [5.74, 6) is 0.746. The lowest BCUT2D eigenvalue weighted by Gasteiger charge is -2.21. The third kappa shape index (κ3) is 5.41. The minimum Gasteiger partial charge on any atom is -0.310 e. The van der Waals surface area contributed by atoms with Gasteiger partial charge in [-0.15, -0.1) is 0 Å². The normalized spacial score (nSPS) is 13.0. The Morgan fingerprint density at radius 2 is 1.89 bits per heavy atom. The molecule has 0 saturated carbocycles. The van der Waals surface area contributed by atoms with Crippen LogP contribution in [0.5, 0.6) is 0 Å². The Morgan fingerprint density at radius 3 is 2.44 bits per heavy atom. The van der Waals surface area contributed by atoms with Crippen LogP contribution >= 0.6 is 11.6 Å². The maximum atomic E-state index is 6.16. The standard InChI is InChI=1S/C16H26ClN/c1-5-8-18-16(7-6-12(2)3)14-9-13(4)10-15(17)11-14/h9-12,16,18H,5-8H2,1-4H3. The predicted octanol–water partition coefficient (Wildman–Crippen LogP) is 5.13. The zero-order valence-electron chi connectivity index (χ0n) is 12.1. The largest absolute Gasteiger partial charge is 0.310 e. The summed E-state index contributed by atoms with van der Waals surface area (Å²) in [6.07, 6.45) is 3.59. The highest BCUT2D eigenvalue weighted by Gasteiger charge is 2.12. The molecule has 2 heteroatoms. The van der Waals surface area contributed by atoms with Crippen LogP contribution in [0.2, 0.25) is 5.02 Å². The molecule has 1 atom stereocenters. The molecule has 0 bridgehead atoms. The van der Waals surface area contributed by atoms with Crippen molar-refractivity contribution in [3.63, 3.8) is 0 Å². The summed E-state index contributed by atoms with van der Waals surface area (Å²) in [6.45, 7) is 9.93. The first kappa shape index (κ1) is 15.5. The smallest absolute Gasteiger partial charge is 0.0411 e. The van der Waals surface area contributed by atoms with Gasteiger partial charge < -0.3 is 5.32 Å². The summed E-state index contributed by atoms with van der Waals surface area (Å²) >= 11 is 6.16. The zero-order chi connectivity index (χ0) is 13.5. The summed E-state index contributed by atoms with van der Waals surface area (Å²) in [6, 6.07) is 6.80. The first-order valence-electron chi connectivity index (χ1n) is 7.03. The fraction of sp³-hybridized carbons (Fsp3) is 0.625. The summed E-state index contributed by atoms with van der Waals surface area (Å²) in [4.78, 5) is 0. The second-order valence-electron chi connectivity index (χ2n) is 5.54. The van der Waals surface area contributed by atoms with E-state index in [0.717, 1.165) is 23.9 Å². The molecular weight excluding hydrogens is 242 g/mol. The van der Waals surface area contributed by atoms with Crippen LogP contribution in [-0.4, -0.2) is 6.54 Å². The molecule has 0 spiro atoms. The molecule has 1 aromatic carbocycles. The zero-order valence-corrected chi connectivity index (χ0v) is 12.8. The molecule has 0 radical (unpaired) electrons. The van der Waals surface area contributed by atoms with Crippen molar-refractivity contribution in [3.8, 4) is 0 Å². The molecule has 1 nitrogen and oxygen atoms in total. The van der Waals surface area contributed by atoms with E-state index in [0.29, 0.717) is 6.04 Å². The quantitative estimate of drug-likeness (QED) is 0.723. The van der Waals surface area contributed by atoms with E-state index in [-0.39, 0.29) is 0 Å². The third-order valence-electron chi connectivity index (χ3n) is 3.14. The lowest BCUT2D eigenvalue weighted by atomic mass is 9.96. The summed E-state index contributed by atoms with van der Waals surface area (Å²) in [7, 11) is 0. The van der Waals surface area contributed by atoms with E-state index in [4.69, 9.17) is 11.6 Å². The van der Waals surface area contributed by atoms with E-state index in [1.807, 2.05) is 6.07 Å². The SMILES string of the molecule is CCCNC(CCC(C)C)c1cc(C)cc(Cl)c1. The molecule has 1 N–H and O–H groups in total. The second kappa shape index (κ2) is 7.81. The molecule has 0 saturated heterocycles. The van der Waals surface area contributed by atoms with Crippen LogP contribution in [0.4, 0.5) is 0 Å². The number of rotatable bonds is 7. The Kier molecular flexibility index (Phi) is 6.73. The van der Waals surface area contributed by atoms with Gasteiger partial charge in [0, 0.05) is 11.1 Å². The average Bonchev–Trinajstić information content (AvgIpc) is 2.27. The van der Waals surface area contributed by atoms with E-state index in [2.05, 4.69) is 45.1 Å². The van der Waals surface area contributed by atoms with E-state index < -0.39 is 0 Å². The fourth-order valence-electron chi connectivity index (χ4n) is 2.17. The predicted molar refractivity (Wildman–Crippen MR) is 81.3 cm³/mol. The van der Waals surface area contributed by atoms with Gasteiger partial charge in [-0.25, -0.2) is 0 Å². The molecule has 0 aromatic heterocycles. The maximum Gasteiger partial charge on any atom is 0.0411 e. The maximum absolute atomic E-state index is 6.16. The summed E-state index contributed by atoms with van der Waals surface area (Å²) in [5.41, 5.74) is 2.57. The van der Waals surface area contributed by atoms with Gasteiger partial charge in [0.15, 0.2) is 0 Å². The van der Waals surface area contributed by atoms with Crippen LogP contribution in [0.3, 0.4) is 0 Å². The topological polar surface area (TPSA) is 12.0 Å². The molecule has 102 valence electrons. The summed E-state index contributed by atoms with van der Waals surface area (Å²) in [5, 5.41) is 4.48. The lowest BCUT2D eigenvalue weighted by molar-refractivity contribution is 0.440.